The van der Waals surface area contributed by atoms with E-state index in [0.29, 0.717) is 5.92 Å². The predicted molar refractivity (Wildman–Crippen MR) is 87.0 cm³/mol. The highest BCUT2D eigenvalue weighted by Crippen LogP contribution is 2.34. The zero-order valence-corrected chi connectivity index (χ0v) is 13.5. The van der Waals surface area contributed by atoms with E-state index in [9.17, 15) is 0 Å². The molecule has 3 aromatic rings. The largest absolute Gasteiger partial charge is 0.309 e. The van der Waals surface area contributed by atoms with E-state index in [1.165, 1.54) is 25.7 Å². The normalized spacial score (nSPS) is 15.9. The van der Waals surface area contributed by atoms with Crippen LogP contribution < -0.4 is 0 Å². The Morgan fingerprint density at radius 3 is 2.91 bits per heavy atom. The van der Waals surface area contributed by atoms with Crippen molar-refractivity contribution in [2.75, 3.05) is 0 Å². The van der Waals surface area contributed by atoms with Crippen LogP contribution in [0.3, 0.4) is 0 Å². The molecule has 22 heavy (non-hydrogen) atoms. The molecule has 0 radical (unpaired) electrons. The summed E-state index contributed by atoms with van der Waals surface area (Å²) < 4.78 is 4.22. The van der Waals surface area contributed by atoms with Crippen molar-refractivity contribution in [3.63, 3.8) is 0 Å². The molecule has 114 valence electrons. The molecule has 5 nitrogen and oxygen atoms in total. The number of aromatic nitrogens is 5. The number of hydrogen-bond acceptors (Lipinski definition) is 4. The minimum atomic E-state index is 0.599. The summed E-state index contributed by atoms with van der Waals surface area (Å²) in [4.78, 5) is 4.63. The average Bonchev–Trinajstić information content (AvgIpc) is 3.24. The van der Waals surface area contributed by atoms with Gasteiger partial charge in [0.1, 0.15) is 11.5 Å². The van der Waals surface area contributed by atoms with Gasteiger partial charge >= 0.3 is 0 Å². The fraction of sp³-hybridized carbons (Fsp3) is 0.438. The minimum absolute atomic E-state index is 0.599. The third kappa shape index (κ3) is 2.52. The Morgan fingerprint density at radius 2 is 2.09 bits per heavy atom. The van der Waals surface area contributed by atoms with Crippen LogP contribution >= 0.6 is 11.8 Å². The van der Waals surface area contributed by atoms with Gasteiger partial charge in [-0.05, 0) is 25.0 Å². The highest BCUT2D eigenvalue weighted by Gasteiger charge is 2.23. The second-order valence-corrected chi connectivity index (χ2v) is 6.81. The minimum Gasteiger partial charge on any atom is -0.309 e. The van der Waals surface area contributed by atoms with Crippen molar-refractivity contribution in [1.29, 1.82) is 0 Å². The number of rotatable bonds is 4. The highest BCUT2D eigenvalue weighted by molar-refractivity contribution is 7.98. The van der Waals surface area contributed by atoms with Crippen LogP contribution in [0.4, 0.5) is 0 Å². The lowest BCUT2D eigenvalue weighted by atomic mass is 10.1. The van der Waals surface area contributed by atoms with Crippen molar-refractivity contribution in [2.24, 2.45) is 7.05 Å². The van der Waals surface area contributed by atoms with Crippen molar-refractivity contribution in [3.05, 3.63) is 42.1 Å². The quantitative estimate of drug-likeness (QED) is 0.693. The zero-order chi connectivity index (χ0) is 14.9. The second-order valence-electron chi connectivity index (χ2n) is 5.87. The van der Waals surface area contributed by atoms with Crippen molar-refractivity contribution in [2.45, 2.75) is 42.5 Å². The van der Waals surface area contributed by atoms with Gasteiger partial charge in [0.2, 0.25) is 0 Å². The molecule has 3 aromatic heterocycles. The third-order valence-corrected chi connectivity index (χ3v) is 5.41. The summed E-state index contributed by atoms with van der Waals surface area (Å²) in [5, 5.41) is 9.78. The van der Waals surface area contributed by atoms with Gasteiger partial charge in [-0.3, -0.25) is 0 Å². The molecule has 0 amide bonds. The van der Waals surface area contributed by atoms with Gasteiger partial charge in [-0.25, -0.2) is 4.98 Å². The Labute approximate surface area is 133 Å². The van der Waals surface area contributed by atoms with Gasteiger partial charge in [0, 0.05) is 31.1 Å². The summed E-state index contributed by atoms with van der Waals surface area (Å²) in [6.45, 7) is 0. The van der Waals surface area contributed by atoms with E-state index >= 15 is 0 Å². The van der Waals surface area contributed by atoms with E-state index in [4.69, 9.17) is 0 Å². The van der Waals surface area contributed by atoms with Crippen LogP contribution in [0.25, 0.3) is 5.65 Å². The van der Waals surface area contributed by atoms with Gasteiger partial charge in [-0.15, -0.1) is 10.2 Å². The first-order valence-corrected chi connectivity index (χ1v) is 8.74. The average molecular weight is 313 g/mol. The van der Waals surface area contributed by atoms with Crippen LogP contribution in [0.1, 0.15) is 43.1 Å². The summed E-state index contributed by atoms with van der Waals surface area (Å²) in [5.74, 6) is 2.57. The lowest BCUT2D eigenvalue weighted by Gasteiger charge is -2.08. The van der Waals surface area contributed by atoms with E-state index in [2.05, 4.69) is 37.4 Å². The molecule has 1 aliphatic rings. The summed E-state index contributed by atoms with van der Waals surface area (Å²) >= 11 is 1.71. The van der Waals surface area contributed by atoms with Gasteiger partial charge in [0.05, 0.1) is 5.69 Å². The molecule has 0 aromatic carbocycles. The fourth-order valence-electron chi connectivity index (χ4n) is 3.19. The maximum atomic E-state index is 4.63. The number of thioether (sulfide) groups is 1. The number of pyridine rings is 1. The van der Waals surface area contributed by atoms with E-state index in [1.54, 1.807) is 11.8 Å². The topological polar surface area (TPSA) is 48.0 Å². The molecule has 0 bridgehead atoms. The molecule has 0 unspecified atom stereocenters. The molecule has 1 saturated carbocycles. The molecular weight excluding hydrogens is 294 g/mol. The molecular formula is C16H19N5S. The van der Waals surface area contributed by atoms with Gasteiger partial charge in [-0.1, -0.05) is 30.7 Å². The summed E-state index contributed by atoms with van der Waals surface area (Å²) in [7, 11) is 2.08. The number of hydrogen-bond donors (Lipinski definition) is 0. The van der Waals surface area contributed by atoms with Gasteiger partial charge < -0.3 is 8.97 Å². The predicted octanol–water partition coefficient (Wildman–Crippen LogP) is 3.41. The Balaban J connectivity index is 1.49. The number of nitrogens with zero attached hydrogens (tertiary/aromatic N) is 5. The number of fused-ring (bicyclic) bond motifs is 1. The van der Waals surface area contributed by atoms with Gasteiger partial charge in [0.15, 0.2) is 5.16 Å². The Morgan fingerprint density at radius 1 is 1.23 bits per heavy atom. The summed E-state index contributed by atoms with van der Waals surface area (Å²) in [6.07, 6.45) is 9.25. The standard InChI is InChI=1S/C16H19N5S/c1-20-15(12-6-2-3-7-12)18-19-16(20)22-11-13-10-21-9-5-4-8-14(21)17-13/h4-5,8-10,12H,2-3,6-7,11H2,1H3. The fourth-order valence-corrected chi connectivity index (χ4v) is 3.99. The van der Waals surface area contributed by atoms with Crippen molar-refractivity contribution in [1.82, 2.24) is 24.1 Å². The molecule has 3 heterocycles. The Kier molecular flexibility index (Phi) is 3.62. The van der Waals surface area contributed by atoms with Gasteiger partial charge in [0.25, 0.3) is 0 Å². The van der Waals surface area contributed by atoms with Crippen LogP contribution in [-0.2, 0) is 12.8 Å². The Hall–Kier alpha value is -1.82. The van der Waals surface area contributed by atoms with Crippen LogP contribution in [0, 0.1) is 0 Å². The van der Waals surface area contributed by atoms with Crippen LogP contribution in [0.2, 0.25) is 0 Å². The first-order valence-electron chi connectivity index (χ1n) is 7.76. The van der Waals surface area contributed by atoms with Crippen molar-refractivity contribution in [3.8, 4) is 0 Å². The van der Waals surface area contributed by atoms with Gasteiger partial charge in [-0.2, -0.15) is 0 Å². The SMILES string of the molecule is Cn1c(SCc2cn3ccccc3n2)nnc1C1CCCC1. The van der Waals surface area contributed by atoms with E-state index in [1.807, 2.05) is 24.4 Å². The lowest BCUT2D eigenvalue weighted by molar-refractivity contribution is 0.616. The first kappa shape index (κ1) is 13.8. The van der Waals surface area contributed by atoms with Crippen LogP contribution in [-0.4, -0.2) is 24.1 Å². The van der Waals surface area contributed by atoms with E-state index in [0.717, 1.165) is 28.1 Å². The van der Waals surface area contributed by atoms with Crippen LogP contribution in [0.5, 0.6) is 0 Å². The van der Waals surface area contributed by atoms with E-state index in [-0.39, 0.29) is 0 Å². The molecule has 0 spiro atoms. The Bertz CT molecular complexity index is 752. The number of imidazole rings is 1. The maximum absolute atomic E-state index is 4.63. The molecule has 1 fully saturated rings. The molecule has 1 aliphatic carbocycles. The van der Waals surface area contributed by atoms with Crippen molar-refractivity contribution < 1.29 is 0 Å². The summed E-state index contributed by atoms with van der Waals surface area (Å²) in [5.41, 5.74) is 2.06. The van der Waals surface area contributed by atoms with E-state index < -0.39 is 0 Å². The second kappa shape index (κ2) is 5.76. The molecule has 6 heteroatoms. The van der Waals surface area contributed by atoms with Crippen LogP contribution in [0.15, 0.2) is 35.7 Å². The lowest BCUT2D eigenvalue weighted by Crippen LogP contribution is -2.03. The highest BCUT2D eigenvalue weighted by atomic mass is 32.2. The monoisotopic (exact) mass is 313 g/mol. The van der Waals surface area contributed by atoms with Crippen molar-refractivity contribution >= 4 is 17.4 Å². The molecule has 0 atom stereocenters. The molecule has 0 aliphatic heterocycles. The molecule has 0 N–H and O–H groups in total. The third-order valence-electron chi connectivity index (χ3n) is 4.35. The molecule has 0 saturated heterocycles. The smallest absolute Gasteiger partial charge is 0.191 e. The summed E-state index contributed by atoms with van der Waals surface area (Å²) in [6, 6.07) is 6.05. The maximum Gasteiger partial charge on any atom is 0.191 e. The first-order chi connectivity index (χ1) is 10.8. The zero-order valence-electron chi connectivity index (χ0n) is 12.6. The molecule has 4 rings (SSSR count).